The summed E-state index contributed by atoms with van der Waals surface area (Å²) in [5.74, 6) is 0.132. The van der Waals surface area contributed by atoms with Crippen molar-refractivity contribution < 1.29 is 4.79 Å². The molecule has 4 nitrogen and oxygen atoms in total. The average molecular weight is 297 g/mol. The van der Waals surface area contributed by atoms with E-state index in [2.05, 4.69) is 11.1 Å². The van der Waals surface area contributed by atoms with E-state index in [-0.39, 0.29) is 5.91 Å². The predicted octanol–water partition coefficient (Wildman–Crippen LogP) is 2.92. The quantitative estimate of drug-likeness (QED) is 0.729. The van der Waals surface area contributed by atoms with Crippen LogP contribution in [0.3, 0.4) is 0 Å². The molecule has 0 N–H and O–H groups in total. The Bertz CT molecular complexity index is 776. The average Bonchev–Trinajstić information content (AvgIpc) is 3.07. The number of aromatic nitrogens is 2. The molecule has 0 saturated carbocycles. The molecule has 0 bridgehead atoms. The number of benzene rings is 1. The molecule has 0 atom stereocenters. The van der Waals surface area contributed by atoms with Crippen LogP contribution < -0.4 is 4.90 Å². The third-order valence-corrected chi connectivity index (χ3v) is 4.66. The highest BCUT2D eigenvalue weighted by Crippen LogP contribution is 2.27. The maximum Gasteiger partial charge on any atom is 0.233 e. The van der Waals surface area contributed by atoms with Gasteiger partial charge in [-0.2, -0.15) is 0 Å². The lowest BCUT2D eigenvalue weighted by Gasteiger charge is -2.29. The molecule has 1 aromatic carbocycles. The van der Waals surface area contributed by atoms with E-state index in [1.54, 1.807) is 11.3 Å². The number of fused-ring (bicyclic) bond motifs is 2. The summed E-state index contributed by atoms with van der Waals surface area (Å²) in [6.45, 7) is 0.804. The van der Waals surface area contributed by atoms with Gasteiger partial charge in [0.25, 0.3) is 0 Å². The van der Waals surface area contributed by atoms with Gasteiger partial charge in [0.15, 0.2) is 4.96 Å². The maximum atomic E-state index is 12.6. The number of anilines is 1. The number of carbonyl (C=O) groups excluding carboxylic acids is 1. The van der Waals surface area contributed by atoms with Gasteiger partial charge in [0.2, 0.25) is 5.91 Å². The second-order valence-corrected chi connectivity index (χ2v) is 6.15. The monoisotopic (exact) mass is 297 g/mol. The summed E-state index contributed by atoms with van der Waals surface area (Å²) in [4.78, 5) is 20.0. The molecule has 0 fully saturated rings. The Hall–Kier alpha value is -2.14. The molecule has 2 aromatic heterocycles. The third kappa shape index (κ3) is 2.23. The number of imidazole rings is 1. The van der Waals surface area contributed by atoms with E-state index in [4.69, 9.17) is 0 Å². The largest absolute Gasteiger partial charge is 0.312 e. The van der Waals surface area contributed by atoms with Gasteiger partial charge in [0, 0.05) is 30.0 Å². The van der Waals surface area contributed by atoms with Gasteiger partial charge in [-0.15, -0.1) is 11.3 Å². The number of carbonyl (C=O) groups is 1. The van der Waals surface area contributed by atoms with E-state index in [1.807, 2.05) is 45.3 Å². The minimum Gasteiger partial charge on any atom is -0.312 e. The van der Waals surface area contributed by atoms with Gasteiger partial charge in [-0.05, 0) is 24.5 Å². The standard InChI is InChI=1S/C16H15N3OS/c20-15(10-13-11-18-8-9-21-16(18)17-13)19-7-3-5-12-4-1-2-6-14(12)19/h1-2,4,6,8-9,11H,3,5,7,10H2. The zero-order chi connectivity index (χ0) is 14.2. The molecule has 3 aromatic rings. The molecule has 1 aliphatic rings. The Morgan fingerprint density at radius 1 is 1.33 bits per heavy atom. The second kappa shape index (κ2) is 5.00. The summed E-state index contributed by atoms with van der Waals surface area (Å²) in [5.41, 5.74) is 3.17. The summed E-state index contributed by atoms with van der Waals surface area (Å²) in [6, 6.07) is 8.19. The van der Waals surface area contributed by atoms with Crippen LogP contribution in [0.2, 0.25) is 0 Å². The Balaban J connectivity index is 1.59. The highest BCUT2D eigenvalue weighted by Gasteiger charge is 2.22. The van der Waals surface area contributed by atoms with Gasteiger partial charge in [-0.3, -0.25) is 9.20 Å². The fourth-order valence-corrected chi connectivity index (χ4v) is 3.62. The van der Waals surface area contributed by atoms with Crippen LogP contribution in [0.4, 0.5) is 5.69 Å². The molecule has 0 unspecified atom stereocenters. The first-order valence-corrected chi connectivity index (χ1v) is 7.98. The van der Waals surface area contributed by atoms with Gasteiger partial charge >= 0.3 is 0 Å². The molecular formula is C16H15N3OS. The first kappa shape index (κ1) is 12.6. The molecule has 0 spiro atoms. The van der Waals surface area contributed by atoms with Crippen LogP contribution in [-0.2, 0) is 17.6 Å². The van der Waals surface area contributed by atoms with Crippen molar-refractivity contribution in [1.82, 2.24) is 9.38 Å². The number of hydrogen-bond acceptors (Lipinski definition) is 3. The molecule has 21 heavy (non-hydrogen) atoms. The summed E-state index contributed by atoms with van der Waals surface area (Å²) < 4.78 is 1.97. The SMILES string of the molecule is O=C(Cc1cn2ccsc2n1)N1CCCc2ccccc21. The lowest BCUT2D eigenvalue weighted by Crippen LogP contribution is -2.36. The number of para-hydroxylation sites is 1. The molecule has 0 saturated heterocycles. The van der Waals surface area contributed by atoms with Gasteiger partial charge in [0.05, 0.1) is 12.1 Å². The molecule has 3 heterocycles. The first-order valence-electron chi connectivity index (χ1n) is 7.10. The van der Waals surface area contributed by atoms with E-state index < -0.39 is 0 Å². The summed E-state index contributed by atoms with van der Waals surface area (Å²) in [7, 11) is 0. The number of amides is 1. The van der Waals surface area contributed by atoms with Gasteiger partial charge in [-0.25, -0.2) is 4.98 Å². The van der Waals surface area contributed by atoms with Crippen molar-refractivity contribution >= 4 is 27.9 Å². The zero-order valence-electron chi connectivity index (χ0n) is 11.5. The van der Waals surface area contributed by atoms with Crippen LogP contribution >= 0.6 is 11.3 Å². The number of thiazole rings is 1. The minimum atomic E-state index is 0.132. The maximum absolute atomic E-state index is 12.6. The zero-order valence-corrected chi connectivity index (χ0v) is 12.3. The van der Waals surface area contributed by atoms with Crippen LogP contribution in [0.25, 0.3) is 4.96 Å². The summed E-state index contributed by atoms with van der Waals surface area (Å²) >= 11 is 1.59. The Kier molecular flexibility index (Phi) is 3.00. The smallest absolute Gasteiger partial charge is 0.233 e. The summed E-state index contributed by atoms with van der Waals surface area (Å²) in [6.07, 6.45) is 6.36. The Morgan fingerprint density at radius 2 is 2.24 bits per heavy atom. The molecule has 106 valence electrons. The van der Waals surface area contributed by atoms with E-state index in [1.165, 1.54) is 5.56 Å². The highest BCUT2D eigenvalue weighted by molar-refractivity contribution is 7.15. The lowest BCUT2D eigenvalue weighted by molar-refractivity contribution is -0.118. The van der Waals surface area contributed by atoms with Gasteiger partial charge < -0.3 is 4.90 Å². The number of rotatable bonds is 2. The van der Waals surface area contributed by atoms with Crippen molar-refractivity contribution in [3.8, 4) is 0 Å². The van der Waals surface area contributed by atoms with E-state index in [0.29, 0.717) is 6.42 Å². The van der Waals surface area contributed by atoms with Crippen molar-refractivity contribution in [1.29, 1.82) is 0 Å². The predicted molar refractivity (Wildman–Crippen MR) is 83.9 cm³/mol. The first-order chi connectivity index (χ1) is 10.3. The number of nitrogens with zero attached hydrogens (tertiary/aromatic N) is 3. The molecule has 0 aliphatic carbocycles. The van der Waals surface area contributed by atoms with Gasteiger partial charge in [0.1, 0.15) is 0 Å². The summed E-state index contributed by atoms with van der Waals surface area (Å²) in [5, 5.41) is 1.99. The van der Waals surface area contributed by atoms with Crippen molar-refractivity contribution in [3.05, 3.63) is 53.3 Å². The van der Waals surface area contributed by atoms with Crippen LogP contribution in [0.15, 0.2) is 42.0 Å². The molecule has 5 heteroatoms. The highest BCUT2D eigenvalue weighted by atomic mass is 32.1. The lowest BCUT2D eigenvalue weighted by atomic mass is 10.0. The Labute approximate surface area is 126 Å². The molecule has 1 amide bonds. The van der Waals surface area contributed by atoms with E-state index >= 15 is 0 Å². The van der Waals surface area contributed by atoms with Crippen LogP contribution in [0.5, 0.6) is 0 Å². The topological polar surface area (TPSA) is 37.6 Å². The number of aryl methyl sites for hydroxylation is 1. The molecule has 0 radical (unpaired) electrons. The van der Waals surface area contributed by atoms with Crippen LogP contribution in [0, 0.1) is 0 Å². The fraction of sp³-hybridized carbons (Fsp3) is 0.250. The van der Waals surface area contributed by atoms with Crippen LogP contribution in [-0.4, -0.2) is 21.8 Å². The van der Waals surface area contributed by atoms with E-state index in [9.17, 15) is 4.79 Å². The van der Waals surface area contributed by atoms with Crippen molar-refractivity contribution in [2.75, 3.05) is 11.4 Å². The van der Waals surface area contributed by atoms with Crippen LogP contribution in [0.1, 0.15) is 17.7 Å². The Morgan fingerprint density at radius 3 is 3.14 bits per heavy atom. The number of hydrogen-bond donors (Lipinski definition) is 0. The molecule has 4 rings (SSSR count). The van der Waals surface area contributed by atoms with Crippen molar-refractivity contribution in [3.63, 3.8) is 0 Å². The normalized spacial score (nSPS) is 14.4. The van der Waals surface area contributed by atoms with E-state index in [0.717, 1.165) is 35.7 Å². The minimum absolute atomic E-state index is 0.132. The molecule has 1 aliphatic heterocycles. The van der Waals surface area contributed by atoms with Crippen molar-refractivity contribution in [2.45, 2.75) is 19.3 Å². The second-order valence-electron chi connectivity index (χ2n) is 5.28. The third-order valence-electron chi connectivity index (χ3n) is 3.89. The van der Waals surface area contributed by atoms with Gasteiger partial charge in [-0.1, -0.05) is 18.2 Å². The fourth-order valence-electron chi connectivity index (χ4n) is 2.90. The van der Waals surface area contributed by atoms with Crippen molar-refractivity contribution in [2.24, 2.45) is 0 Å². The molecular weight excluding hydrogens is 282 g/mol.